The second-order valence-corrected chi connectivity index (χ2v) is 7.75. The second-order valence-electron chi connectivity index (χ2n) is 7.35. The van der Waals surface area contributed by atoms with Gasteiger partial charge in [0.15, 0.2) is 0 Å². The van der Waals surface area contributed by atoms with Gasteiger partial charge in [-0.25, -0.2) is 10.3 Å². The second kappa shape index (κ2) is 12.8. The number of nitrogens with one attached hydrogen (secondary N) is 4. The third-order valence-corrected chi connectivity index (χ3v) is 4.97. The normalized spacial score (nSPS) is 11.0. The number of anilines is 3. The number of rotatable bonds is 10. The van der Waals surface area contributed by atoms with Crippen LogP contribution in [-0.4, -0.2) is 23.1 Å². The lowest BCUT2D eigenvalue weighted by molar-refractivity contribution is -0.137. The largest absolute Gasteiger partial charge is 0.417 e. The van der Waals surface area contributed by atoms with Crippen LogP contribution < -0.4 is 21.4 Å². The number of amides is 4. The summed E-state index contributed by atoms with van der Waals surface area (Å²) < 4.78 is 38.8. The first-order valence-corrected chi connectivity index (χ1v) is 10.7. The van der Waals surface area contributed by atoms with Gasteiger partial charge in [0.05, 0.1) is 10.6 Å². The van der Waals surface area contributed by atoms with Crippen molar-refractivity contribution in [1.82, 2.24) is 5.48 Å². The zero-order valence-electron chi connectivity index (χ0n) is 18.0. The molecule has 2 aromatic rings. The Kier molecular flexibility index (Phi) is 10.1. The summed E-state index contributed by atoms with van der Waals surface area (Å²) in [4.78, 5) is 35.0. The molecule has 0 radical (unpaired) electrons. The SMILES string of the molecule is O=C(CCCCCCC(=O)Nc1ccc(NC(=O)Nc2ccc(Cl)c(C(F)(F)F)c2)cc1)NO. The molecule has 4 amide bonds. The first-order valence-electron chi connectivity index (χ1n) is 10.4. The fourth-order valence-corrected chi connectivity index (χ4v) is 3.18. The monoisotopic (exact) mass is 500 g/mol. The van der Waals surface area contributed by atoms with Gasteiger partial charge in [-0.05, 0) is 55.3 Å². The maximum absolute atomic E-state index is 12.9. The van der Waals surface area contributed by atoms with Gasteiger partial charge in [-0.3, -0.25) is 14.8 Å². The summed E-state index contributed by atoms with van der Waals surface area (Å²) in [5.74, 6) is -0.622. The molecular formula is C22H24ClF3N4O4. The van der Waals surface area contributed by atoms with Crippen LogP contribution in [0.15, 0.2) is 42.5 Å². The van der Waals surface area contributed by atoms with Crippen LogP contribution in [-0.2, 0) is 15.8 Å². The lowest BCUT2D eigenvalue weighted by Crippen LogP contribution is -2.20. The Balaban J connectivity index is 1.76. The Bertz CT molecular complexity index is 1000. The number of hydrogen-bond acceptors (Lipinski definition) is 4. The van der Waals surface area contributed by atoms with E-state index in [0.29, 0.717) is 30.6 Å². The number of hydrogen-bond donors (Lipinski definition) is 5. The van der Waals surface area contributed by atoms with Crippen LogP contribution in [0.1, 0.15) is 44.1 Å². The number of unbranched alkanes of at least 4 members (excludes halogenated alkanes) is 3. The average molecular weight is 501 g/mol. The number of carbonyl (C=O) groups is 3. The van der Waals surface area contributed by atoms with Crippen molar-refractivity contribution in [2.75, 3.05) is 16.0 Å². The Labute approximate surface area is 198 Å². The predicted molar refractivity (Wildman–Crippen MR) is 122 cm³/mol. The van der Waals surface area contributed by atoms with E-state index in [9.17, 15) is 27.6 Å². The number of alkyl halides is 3. The highest BCUT2D eigenvalue weighted by Gasteiger charge is 2.33. The molecule has 0 spiro atoms. The highest BCUT2D eigenvalue weighted by atomic mass is 35.5. The number of carbonyl (C=O) groups excluding carboxylic acids is 3. The molecule has 12 heteroatoms. The van der Waals surface area contributed by atoms with E-state index in [4.69, 9.17) is 16.8 Å². The molecule has 184 valence electrons. The van der Waals surface area contributed by atoms with Crippen molar-refractivity contribution in [2.24, 2.45) is 0 Å². The molecule has 0 aliphatic rings. The Morgan fingerprint density at radius 1 is 0.765 bits per heavy atom. The van der Waals surface area contributed by atoms with Crippen molar-refractivity contribution < 1.29 is 32.8 Å². The lowest BCUT2D eigenvalue weighted by atomic mass is 10.1. The van der Waals surface area contributed by atoms with E-state index in [-0.39, 0.29) is 18.0 Å². The summed E-state index contributed by atoms with van der Waals surface area (Å²) in [5, 5.41) is 15.5. The third-order valence-electron chi connectivity index (χ3n) is 4.64. The summed E-state index contributed by atoms with van der Waals surface area (Å²) in [6.07, 6.45) is -1.32. The summed E-state index contributed by atoms with van der Waals surface area (Å²) in [6, 6.07) is 8.51. The summed E-state index contributed by atoms with van der Waals surface area (Å²) >= 11 is 5.56. The van der Waals surface area contributed by atoms with Gasteiger partial charge in [0.2, 0.25) is 11.8 Å². The molecule has 0 bridgehead atoms. The topological polar surface area (TPSA) is 120 Å². The van der Waals surface area contributed by atoms with Crippen LogP contribution in [0.4, 0.5) is 35.0 Å². The molecule has 0 atom stereocenters. The van der Waals surface area contributed by atoms with Crippen molar-refractivity contribution in [3.8, 4) is 0 Å². The maximum Gasteiger partial charge on any atom is 0.417 e. The summed E-state index contributed by atoms with van der Waals surface area (Å²) in [6.45, 7) is 0. The van der Waals surface area contributed by atoms with Gasteiger partial charge < -0.3 is 16.0 Å². The highest BCUT2D eigenvalue weighted by molar-refractivity contribution is 6.31. The fraction of sp³-hybridized carbons (Fsp3) is 0.318. The number of halogens is 4. The molecule has 0 fully saturated rings. The van der Waals surface area contributed by atoms with Gasteiger partial charge in [0.25, 0.3) is 0 Å². The summed E-state index contributed by atoms with van der Waals surface area (Å²) in [7, 11) is 0. The van der Waals surface area contributed by atoms with Crippen LogP contribution in [0.3, 0.4) is 0 Å². The lowest BCUT2D eigenvalue weighted by Gasteiger charge is -2.12. The molecule has 0 saturated carbocycles. The third kappa shape index (κ3) is 9.28. The van der Waals surface area contributed by atoms with E-state index in [0.717, 1.165) is 25.0 Å². The molecule has 2 aromatic carbocycles. The summed E-state index contributed by atoms with van der Waals surface area (Å²) in [5.41, 5.74) is 1.32. The average Bonchev–Trinajstić information content (AvgIpc) is 2.77. The van der Waals surface area contributed by atoms with Gasteiger partial charge in [-0.15, -0.1) is 0 Å². The van der Waals surface area contributed by atoms with E-state index in [1.807, 2.05) is 0 Å². The highest BCUT2D eigenvalue weighted by Crippen LogP contribution is 2.36. The van der Waals surface area contributed by atoms with E-state index in [1.165, 1.54) is 18.2 Å². The number of hydroxylamine groups is 1. The molecule has 34 heavy (non-hydrogen) atoms. The number of urea groups is 1. The van der Waals surface area contributed by atoms with Crippen LogP contribution in [0.5, 0.6) is 0 Å². The first kappa shape index (κ1) is 26.9. The fourth-order valence-electron chi connectivity index (χ4n) is 2.95. The van der Waals surface area contributed by atoms with E-state index < -0.39 is 28.7 Å². The quantitative estimate of drug-likeness (QED) is 0.161. The van der Waals surface area contributed by atoms with Crippen molar-refractivity contribution in [2.45, 2.75) is 44.7 Å². The van der Waals surface area contributed by atoms with E-state index in [1.54, 1.807) is 17.6 Å². The van der Waals surface area contributed by atoms with Gasteiger partial charge in [0.1, 0.15) is 0 Å². The van der Waals surface area contributed by atoms with Gasteiger partial charge in [-0.2, -0.15) is 13.2 Å². The maximum atomic E-state index is 12.9. The smallest absolute Gasteiger partial charge is 0.326 e. The molecule has 0 aromatic heterocycles. The molecule has 0 saturated heterocycles. The molecular weight excluding hydrogens is 477 g/mol. The zero-order valence-corrected chi connectivity index (χ0v) is 18.7. The Morgan fingerprint density at radius 2 is 1.26 bits per heavy atom. The molecule has 8 nitrogen and oxygen atoms in total. The standard InChI is InChI=1S/C22H24ClF3N4O4/c23-18-12-11-16(13-17(18)22(24,25)26)29-21(33)28-15-9-7-14(8-10-15)27-19(31)5-3-1-2-4-6-20(32)30-34/h7-13,34H,1-6H2,(H,27,31)(H,30,32)(H2,28,29,33). The Hall–Kier alpha value is -3.31. The molecule has 5 N–H and O–H groups in total. The van der Waals surface area contributed by atoms with Crippen molar-refractivity contribution in [3.05, 3.63) is 53.1 Å². The minimum atomic E-state index is -4.65. The molecule has 2 rings (SSSR count). The predicted octanol–water partition coefficient (Wildman–Crippen LogP) is 5.79. The van der Waals surface area contributed by atoms with Crippen LogP contribution in [0, 0.1) is 0 Å². The molecule has 0 unspecified atom stereocenters. The van der Waals surface area contributed by atoms with E-state index in [2.05, 4.69) is 16.0 Å². The van der Waals surface area contributed by atoms with Crippen molar-refractivity contribution in [1.29, 1.82) is 0 Å². The minimum absolute atomic E-state index is 0.0743. The van der Waals surface area contributed by atoms with Crippen LogP contribution in [0.25, 0.3) is 0 Å². The van der Waals surface area contributed by atoms with Gasteiger partial charge >= 0.3 is 12.2 Å². The van der Waals surface area contributed by atoms with Crippen molar-refractivity contribution >= 4 is 46.5 Å². The van der Waals surface area contributed by atoms with Crippen molar-refractivity contribution in [3.63, 3.8) is 0 Å². The zero-order chi connectivity index (χ0) is 25.1. The molecule has 0 aliphatic heterocycles. The van der Waals surface area contributed by atoms with E-state index >= 15 is 0 Å². The van der Waals surface area contributed by atoms with Crippen LogP contribution >= 0.6 is 11.6 Å². The van der Waals surface area contributed by atoms with Gasteiger partial charge in [0, 0.05) is 29.9 Å². The molecule has 0 heterocycles. The Morgan fingerprint density at radius 3 is 1.82 bits per heavy atom. The van der Waals surface area contributed by atoms with Crippen LogP contribution in [0.2, 0.25) is 5.02 Å². The minimum Gasteiger partial charge on any atom is -0.326 e. The number of benzene rings is 2. The molecule has 0 aliphatic carbocycles. The van der Waals surface area contributed by atoms with Gasteiger partial charge in [-0.1, -0.05) is 24.4 Å². The first-order chi connectivity index (χ1) is 16.1.